The molecule has 2 heterocycles. The molecule has 0 bridgehead atoms. The minimum absolute atomic E-state index is 0.0277. The molecule has 4 aromatic carbocycles. The van der Waals surface area contributed by atoms with E-state index in [2.05, 4.69) is 57.8 Å². The number of sulfonamides is 2. The lowest BCUT2D eigenvalue weighted by Gasteiger charge is -2.13. The zero-order valence-corrected chi connectivity index (χ0v) is 35.7. The summed E-state index contributed by atoms with van der Waals surface area (Å²) in [5.41, 5.74) is 3.08. The molecule has 2 aromatic heterocycles. The summed E-state index contributed by atoms with van der Waals surface area (Å²) in [5, 5.41) is 16.7. The lowest BCUT2D eigenvalue weighted by Crippen LogP contribution is -2.25. The molecule has 6 rings (SSSR count). The van der Waals surface area contributed by atoms with Crippen molar-refractivity contribution >= 4 is 66.3 Å². The van der Waals surface area contributed by atoms with E-state index in [-0.39, 0.29) is 46.5 Å². The van der Waals surface area contributed by atoms with Crippen LogP contribution in [0.25, 0.3) is 0 Å². The number of hydrogen-bond acceptors (Lipinski definition) is 14. The number of anilines is 8. The summed E-state index contributed by atoms with van der Waals surface area (Å²) in [5.74, 6) is 4.65. The zero-order valence-electron chi connectivity index (χ0n) is 34.1. The fourth-order valence-corrected chi connectivity index (χ4v) is 7.56. The highest BCUT2D eigenvalue weighted by atomic mass is 32.2. The van der Waals surface area contributed by atoms with Crippen molar-refractivity contribution in [2.45, 2.75) is 37.0 Å². The Labute approximate surface area is 364 Å². The minimum Gasteiger partial charge on any atom is -0.481 e. The highest BCUT2D eigenvalue weighted by molar-refractivity contribution is 7.89. The van der Waals surface area contributed by atoms with E-state index in [0.717, 1.165) is 12.4 Å². The van der Waals surface area contributed by atoms with Gasteiger partial charge in [-0.25, -0.2) is 45.4 Å². The van der Waals surface area contributed by atoms with Crippen LogP contribution < -0.4 is 40.6 Å². The summed E-state index contributed by atoms with van der Waals surface area (Å²) < 4.78 is 90.1. The topological polar surface area (TPSA) is 224 Å². The maximum atomic E-state index is 14.3. The second kappa shape index (κ2) is 21.4. The van der Waals surface area contributed by atoms with Crippen molar-refractivity contribution in [2.24, 2.45) is 5.14 Å². The van der Waals surface area contributed by atoms with E-state index in [9.17, 15) is 25.6 Å². The molecule has 16 nitrogen and oxygen atoms in total. The molecule has 0 saturated heterocycles. The first-order valence-electron chi connectivity index (χ1n) is 18.8. The highest BCUT2D eigenvalue weighted by Gasteiger charge is 2.18. The SMILES string of the molecule is C#CCOc1ccc(Nc2nc(Nc3ccc(C)c(S(=O)(=O)NCCC)c3)ncc2F)cc1.C#CCOc1ccc(Nc2nc(Nc3ccc(C)c(S(N)(=O)=O)c3)ncc2F)cc1. The first-order chi connectivity index (χ1) is 30.1. The van der Waals surface area contributed by atoms with E-state index in [1.54, 1.807) is 86.6 Å². The number of aryl methyl sites for hydroxylation is 2. The quantitative estimate of drug-likeness (QED) is 0.0499. The van der Waals surface area contributed by atoms with Crippen molar-refractivity contribution < 1.29 is 35.1 Å². The summed E-state index contributed by atoms with van der Waals surface area (Å²) in [4.78, 5) is 16.2. The molecule has 0 radical (unpaired) electrons. The van der Waals surface area contributed by atoms with E-state index < -0.39 is 31.7 Å². The van der Waals surface area contributed by atoms with Crippen LogP contribution in [-0.4, -0.2) is 56.5 Å². The van der Waals surface area contributed by atoms with Gasteiger partial charge in [0.25, 0.3) is 0 Å². The van der Waals surface area contributed by atoms with E-state index in [0.29, 0.717) is 58.3 Å². The van der Waals surface area contributed by atoms with Crippen molar-refractivity contribution in [3.8, 4) is 36.2 Å². The zero-order chi connectivity index (χ0) is 45.6. The van der Waals surface area contributed by atoms with Gasteiger partial charge in [0.2, 0.25) is 31.9 Å². The third-order valence-corrected chi connectivity index (χ3v) is 11.0. The van der Waals surface area contributed by atoms with Crippen molar-refractivity contribution in [3.63, 3.8) is 0 Å². The van der Waals surface area contributed by atoms with Crippen LogP contribution in [0.2, 0.25) is 0 Å². The second-order valence-corrected chi connectivity index (χ2v) is 16.5. The Morgan fingerprint density at radius 3 is 1.46 bits per heavy atom. The van der Waals surface area contributed by atoms with E-state index >= 15 is 0 Å². The van der Waals surface area contributed by atoms with Gasteiger partial charge in [-0.3, -0.25) is 0 Å². The van der Waals surface area contributed by atoms with Gasteiger partial charge in [0.1, 0.15) is 24.7 Å². The minimum atomic E-state index is -3.89. The van der Waals surface area contributed by atoms with Gasteiger partial charge >= 0.3 is 0 Å². The molecule has 7 N–H and O–H groups in total. The molecule has 0 aliphatic rings. The first-order valence-corrected chi connectivity index (χ1v) is 21.8. The first kappa shape index (κ1) is 46.7. The summed E-state index contributed by atoms with van der Waals surface area (Å²) in [7, 11) is -7.54. The predicted octanol–water partition coefficient (Wildman–Crippen LogP) is 7.18. The average Bonchev–Trinajstić information content (AvgIpc) is 3.26. The van der Waals surface area contributed by atoms with Gasteiger partial charge < -0.3 is 30.7 Å². The third-order valence-electron chi connectivity index (χ3n) is 8.39. The Kier molecular flexibility index (Phi) is 15.9. The van der Waals surface area contributed by atoms with Crippen LogP contribution in [0.1, 0.15) is 24.5 Å². The maximum absolute atomic E-state index is 14.3. The van der Waals surface area contributed by atoms with Crippen LogP contribution in [0.5, 0.6) is 11.5 Å². The smallest absolute Gasteiger partial charge is 0.240 e. The Morgan fingerprint density at radius 1 is 0.635 bits per heavy atom. The molecule has 0 unspecified atom stereocenters. The number of aromatic nitrogens is 4. The monoisotopic (exact) mass is 896 g/mol. The fraction of sp³-hybridized carbons (Fsp3) is 0.163. The van der Waals surface area contributed by atoms with Crippen LogP contribution in [0.3, 0.4) is 0 Å². The number of nitrogens with two attached hydrogens (primary N) is 1. The van der Waals surface area contributed by atoms with Gasteiger partial charge in [-0.15, -0.1) is 12.8 Å². The van der Waals surface area contributed by atoms with Crippen LogP contribution in [0.4, 0.5) is 55.1 Å². The summed E-state index contributed by atoms with van der Waals surface area (Å²) >= 11 is 0. The molecule has 0 spiro atoms. The summed E-state index contributed by atoms with van der Waals surface area (Å²) in [6.45, 7) is 5.86. The Bertz CT molecular complexity index is 2860. The number of halogens is 2. The maximum Gasteiger partial charge on any atom is 0.240 e. The molecule has 0 amide bonds. The Balaban J connectivity index is 0.000000239. The van der Waals surface area contributed by atoms with Crippen LogP contribution in [-0.2, 0) is 20.0 Å². The molecule has 20 heteroatoms. The number of primary sulfonamides is 1. The van der Waals surface area contributed by atoms with E-state index in [1.807, 2.05) is 6.92 Å². The Hall–Kier alpha value is -7.36. The molecule has 63 heavy (non-hydrogen) atoms. The molecule has 0 aliphatic heterocycles. The van der Waals surface area contributed by atoms with Crippen molar-refractivity contribution in [1.29, 1.82) is 0 Å². The number of ether oxygens (including phenoxy) is 2. The largest absolute Gasteiger partial charge is 0.481 e. The number of nitrogens with zero attached hydrogens (tertiary/aromatic N) is 4. The lowest BCUT2D eigenvalue weighted by atomic mass is 10.2. The van der Waals surface area contributed by atoms with E-state index in [4.69, 9.17) is 27.5 Å². The predicted molar refractivity (Wildman–Crippen MR) is 238 cm³/mol. The molecule has 0 saturated carbocycles. The fourth-order valence-electron chi connectivity index (χ4n) is 5.35. The van der Waals surface area contributed by atoms with Gasteiger partial charge in [0.05, 0.1) is 22.2 Å². The van der Waals surface area contributed by atoms with E-state index in [1.165, 1.54) is 12.1 Å². The summed E-state index contributed by atoms with van der Waals surface area (Å²) in [6, 6.07) is 22.9. The number of benzene rings is 4. The molecule has 0 aliphatic carbocycles. The van der Waals surface area contributed by atoms with Crippen LogP contribution in [0.15, 0.2) is 107 Å². The van der Waals surface area contributed by atoms with Gasteiger partial charge in [-0.05, 0) is 104 Å². The molecule has 326 valence electrons. The number of hydrogen-bond donors (Lipinski definition) is 6. The van der Waals surface area contributed by atoms with Gasteiger partial charge in [-0.2, -0.15) is 9.97 Å². The van der Waals surface area contributed by atoms with Gasteiger partial charge in [0.15, 0.2) is 23.3 Å². The van der Waals surface area contributed by atoms with Crippen molar-refractivity contribution in [2.75, 3.05) is 41.0 Å². The molecule has 6 aromatic rings. The average molecular weight is 897 g/mol. The Morgan fingerprint density at radius 2 is 1.05 bits per heavy atom. The molecular formula is C43H42F2N10O6S2. The molecular weight excluding hydrogens is 855 g/mol. The third kappa shape index (κ3) is 13.6. The standard InChI is InChI=1S/C23H24FN5O3S.C20H18FN5O3S/c1-4-12-26-33(30,31)21-14-18(7-6-16(21)3)28-23-25-15-20(24)22(29-23)27-17-8-10-19(11-9-17)32-13-5-2;1-3-10-29-16-8-6-14(7-9-16)24-19-17(21)12-23-20(26-19)25-15-5-4-13(2)18(11-15)30(22,27)28/h2,6-11,14-15,26H,4,12-13H2,1,3H3,(H2,25,27,28,29);1,4-9,11-12H,10H2,2H3,(H2,22,27,28)(H2,23,24,25,26). The normalized spacial score (nSPS) is 10.9. The second-order valence-electron chi connectivity index (χ2n) is 13.2. The van der Waals surface area contributed by atoms with Crippen molar-refractivity contribution in [1.82, 2.24) is 24.7 Å². The van der Waals surface area contributed by atoms with Gasteiger partial charge in [0, 0.05) is 29.3 Å². The number of terminal acetylenes is 2. The lowest BCUT2D eigenvalue weighted by molar-refractivity contribution is 0.370. The summed E-state index contributed by atoms with van der Waals surface area (Å²) in [6.07, 6.45) is 13.0. The number of nitrogens with one attached hydrogen (secondary N) is 5. The van der Waals surface area contributed by atoms with Crippen molar-refractivity contribution in [3.05, 3.63) is 120 Å². The van der Waals surface area contributed by atoms with Crippen LogP contribution in [0, 0.1) is 50.2 Å². The molecule has 0 atom stereocenters. The van der Waals surface area contributed by atoms with Gasteiger partial charge in [-0.1, -0.05) is 30.9 Å². The van der Waals surface area contributed by atoms with Crippen LogP contribution >= 0.6 is 0 Å². The molecule has 0 fully saturated rings. The highest BCUT2D eigenvalue weighted by Crippen LogP contribution is 2.27. The number of rotatable bonds is 17.